The van der Waals surface area contributed by atoms with E-state index in [-0.39, 0.29) is 35.7 Å². The van der Waals surface area contributed by atoms with Gasteiger partial charge in [-0.05, 0) is 17.5 Å². The van der Waals surface area contributed by atoms with Crippen LogP contribution in [0.4, 0.5) is 0 Å². The van der Waals surface area contributed by atoms with E-state index in [1.807, 2.05) is 0 Å². The van der Waals surface area contributed by atoms with Crippen molar-refractivity contribution in [2.75, 3.05) is 0 Å². The normalized spacial score (nSPS) is 10.2. The maximum absolute atomic E-state index is 10.7. The molecule has 0 fully saturated rings. The molecule has 0 radical (unpaired) electrons. The molecular formula is C10H10ClNO5. The Balaban J connectivity index is 3.07. The average molecular weight is 260 g/mol. The van der Waals surface area contributed by atoms with E-state index in [1.54, 1.807) is 0 Å². The van der Waals surface area contributed by atoms with Gasteiger partial charge < -0.3 is 15.2 Å². The van der Waals surface area contributed by atoms with Gasteiger partial charge in [-0.1, -0.05) is 11.6 Å². The van der Waals surface area contributed by atoms with Crippen LogP contribution in [0.1, 0.15) is 28.0 Å². The molecule has 0 spiro atoms. The number of carbonyl (C=O) groups excluding carboxylic acids is 1. The minimum Gasteiger partial charge on any atom is -0.481 e. The number of nitrogens with one attached hydrogen (secondary N) is 1. The zero-order valence-electron chi connectivity index (χ0n) is 8.70. The summed E-state index contributed by atoms with van der Waals surface area (Å²) in [5, 5.41) is 17.4. The van der Waals surface area contributed by atoms with Gasteiger partial charge in [0.15, 0.2) is 6.29 Å². The molecule has 3 N–H and O–H groups in total. The van der Waals surface area contributed by atoms with Gasteiger partial charge >= 0.3 is 11.9 Å². The first kappa shape index (κ1) is 13.2. The Bertz CT molecular complexity index is 466. The highest BCUT2D eigenvalue weighted by atomic mass is 35.5. The first-order valence-corrected chi connectivity index (χ1v) is 5.11. The number of carbonyl (C=O) groups is 3. The number of aldehydes is 1. The molecule has 7 heteroatoms. The van der Waals surface area contributed by atoms with Crippen LogP contribution in [-0.2, 0) is 22.4 Å². The molecule has 0 saturated heterocycles. The van der Waals surface area contributed by atoms with Gasteiger partial charge in [0.05, 0.1) is 12.1 Å². The lowest BCUT2D eigenvalue weighted by Gasteiger charge is -2.01. The van der Waals surface area contributed by atoms with Crippen LogP contribution in [-0.4, -0.2) is 33.4 Å². The van der Waals surface area contributed by atoms with E-state index in [9.17, 15) is 14.4 Å². The predicted molar refractivity (Wildman–Crippen MR) is 58.5 cm³/mol. The van der Waals surface area contributed by atoms with Gasteiger partial charge in [-0.3, -0.25) is 14.4 Å². The standard InChI is InChI=1S/C10H10ClNO5/c11-10-5(1-2-8(14)15)6(3-9(16)17)7(4-13)12-10/h4,12H,1-3H2,(H,14,15)(H,16,17). The molecule has 0 aliphatic carbocycles. The van der Waals surface area contributed by atoms with E-state index in [0.717, 1.165) is 0 Å². The SMILES string of the molecule is O=Cc1[nH]c(Cl)c(CCC(=O)O)c1CC(=O)O. The van der Waals surface area contributed by atoms with E-state index in [4.69, 9.17) is 21.8 Å². The van der Waals surface area contributed by atoms with Crippen molar-refractivity contribution >= 4 is 29.8 Å². The van der Waals surface area contributed by atoms with E-state index < -0.39 is 11.9 Å². The van der Waals surface area contributed by atoms with Gasteiger partial charge in [-0.15, -0.1) is 0 Å². The molecular weight excluding hydrogens is 250 g/mol. The van der Waals surface area contributed by atoms with Crippen LogP contribution in [0, 0.1) is 0 Å². The fourth-order valence-corrected chi connectivity index (χ4v) is 1.82. The van der Waals surface area contributed by atoms with Crippen LogP contribution < -0.4 is 0 Å². The predicted octanol–water partition coefficient (Wildman–Crippen LogP) is 1.12. The quantitative estimate of drug-likeness (QED) is 0.664. The van der Waals surface area contributed by atoms with Gasteiger partial charge in [0, 0.05) is 6.42 Å². The summed E-state index contributed by atoms with van der Waals surface area (Å²) in [5.74, 6) is -2.13. The summed E-state index contributed by atoms with van der Waals surface area (Å²) >= 11 is 5.80. The van der Waals surface area contributed by atoms with Crippen LogP contribution in [0.15, 0.2) is 0 Å². The Morgan fingerprint density at radius 1 is 1.24 bits per heavy atom. The molecule has 0 amide bonds. The van der Waals surface area contributed by atoms with Gasteiger partial charge in [0.25, 0.3) is 0 Å². The molecule has 1 aromatic rings. The highest BCUT2D eigenvalue weighted by Crippen LogP contribution is 2.24. The minimum absolute atomic E-state index is 0.0813. The van der Waals surface area contributed by atoms with Crippen molar-refractivity contribution in [3.8, 4) is 0 Å². The average Bonchev–Trinajstić information content (AvgIpc) is 2.51. The number of aliphatic carboxylic acids is 2. The summed E-state index contributed by atoms with van der Waals surface area (Å²) in [6, 6.07) is 0. The van der Waals surface area contributed by atoms with Crippen LogP contribution in [0.2, 0.25) is 5.15 Å². The number of carboxylic acids is 2. The third kappa shape index (κ3) is 3.32. The fraction of sp³-hybridized carbons (Fsp3) is 0.300. The molecule has 0 atom stereocenters. The third-order valence-electron chi connectivity index (χ3n) is 2.23. The van der Waals surface area contributed by atoms with Crippen LogP contribution in [0.3, 0.4) is 0 Å². The van der Waals surface area contributed by atoms with Crippen molar-refractivity contribution in [1.29, 1.82) is 0 Å². The van der Waals surface area contributed by atoms with Crippen molar-refractivity contribution in [2.45, 2.75) is 19.3 Å². The molecule has 92 valence electrons. The molecule has 1 aromatic heterocycles. The summed E-state index contributed by atoms with van der Waals surface area (Å²) in [7, 11) is 0. The van der Waals surface area contributed by atoms with Gasteiger partial charge in [-0.2, -0.15) is 0 Å². The summed E-state index contributed by atoms with van der Waals surface area (Å²) in [5.41, 5.74) is 0.704. The van der Waals surface area contributed by atoms with Crippen LogP contribution in [0.25, 0.3) is 0 Å². The molecule has 17 heavy (non-hydrogen) atoms. The molecule has 6 nitrogen and oxygen atoms in total. The lowest BCUT2D eigenvalue weighted by Crippen LogP contribution is -2.06. The molecule has 0 saturated carbocycles. The van der Waals surface area contributed by atoms with Crippen LogP contribution >= 0.6 is 11.6 Å². The number of halogens is 1. The number of carboxylic acid groups (broad SMARTS) is 2. The topological polar surface area (TPSA) is 107 Å². The molecule has 0 aliphatic rings. The highest BCUT2D eigenvalue weighted by Gasteiger charge is 2.18. The second-order valence-corrected chi connectivity index (χ2v) is 3.77. The second-order valence-electron chi connectivity index (χ2n) is 3.39. The van der Waals surface area contributed by atoms with Gasteiger partial charge in [-0.25, -0.2) is 0 Å². The first-order chi connectivity index (χ1) is 7.95. The monoisotopic (exact) mass is 259 g/mol. The van der Waals surface area contributed by atoms with E-state index in [1.165, 1.54) is 0 Å². The number of hydrogen-bond donors (Lipinski definition) is 3. The zero-order valence-corrected chi connectivity index (χ0v) is 9.45. The maximum atomic E-state index is 10.7. The Morgan fingerprint density at radius 3 is 2.35 bits per heavy atom. The molecule has 1 heterocycles. The van der Waals surface area contributed by atoms with Crippen molar-refractivity contribution in [3.05, 3.63) is 22.0 Å². The number of aromatic nitrogens is 1. The largest absolute Gasteiger partial charge is 0.481 e. The van der Waals surface area contributed by atoms with Crippen molar-refractivity contribution in [2.24, 2.45) is 0 Å². The lowest BCUT2D eigenvalue weighted by molar-refractivity contribution is -0.137. The molecule has 1 rings (SSSR count). The van der Waals surface area contributed by atoms with Crippen molar-refractivity contribution in [1.82, 2.24) is 4.98 Å². The van der Waals surface area contributed by atoms with Crippen molar-refractivity contribution in [3.63, 3.8) is 0 Å². The van der Waals surface area contributed by atoms with E-state index in [0.29, 0.717) is 11.8 Å². The Labute approximate surface area is 101 Å². The van der Waals surface area contributed by atoms with Crippen molar-refractivity contribution < 1.29 is 24.6 Å². The van der Waals surface area contributed by atoms with Crippen LogP contribution in [0.5, 0.6) is 0 Å². The summed E-state index contributed by atoms with van der Waals surface area (Å²) < 4.78 is 0. The van der Waals surface area contributed by atoms with Gasteiger partial charge in [0.1, 0.15) is 5.15 Å². The smallest absolute Gasteiger partial charge is 0.307 e. The molecule has 0 aromatic carbocycles. The Morgan fingerprint density at radius 2 is 1.88 bits per heavy atom. The van der Waals surface area contributed by atoms with Gasteiger partial charge in [0.2, 0.25) is 0 Å². The lowest BCUT2D eigenvalue weighted by atomic mass is 10.0. The molecule has 0 unspecified atom stereocenters. The van der Waals surface area contributed by atoms with E-state index >= 15 is 0 Å². The second kappa shape index (κ2) is 5.49. The Kier molecular flexibility index (Phi) is 4.28. The summed E-state index contributed by atoms with van der Waals surface area (Å²) in [6.45, 7) is 0. The summed E-state index contributed by atoms with van der Waals surface area (Å²) in [4.78, 5) is 34.3. The number of aromatic amines is 1. The van der Waals surface area contributed by atoms with E-state index in [2.05, 4.69) is 4.98 Å². The zero-order chi connectivity index (χ0) is 13.0. The maximum Gasteiger partial charge on any atom is 0.307 e. The first-order valence-electron chi connectivity index (χ1n) is 4.73. The highest BCUT2D eigenvalue weighted by molar-refractivity contribution is 6.30. The number of hydrogen-bond acceptors (Lipinski definition) is 3. The fourth-order valence-electron chi connectivity index (χ4n) is 1.51. The Hall–Kier alpha value is -1.82. The summed E-state index contributed by atoms with van der Waals surface area (Å²) in [6.07, 6.45) is 0.00424. The third-order valence-corrected chi connectivity index (χ3v) is 2.56. The molecule has 0 bridgehead atoms. The number of rotatable bonds is 6. The minimum atomic E-state index is -1.11. The molecule has 0 aliphatic heterocycles. The number of H-pyrrole nitrogens is 1.